The molecule has 3 rings (SSSR count). The van der Waals surface area contributed by atoms with Gasteiger partial charge in [0, 0.05) is 17.6 Å². The summed E-state index contributed by atoms with van der Waals surface area (Å²) in [4.78, 5) is 0.298. The Hall–Kier alpha value is -2.40. The van der Waals surface area contributed by atoms with E-state index in [-0.39, 0.29) is 5.82 Å². The van der Waals surface area contributed by atoms with E-state index in [9.17, 15) is 12.8 Å². The third kappa shape index (κ3) is 3.58. The molecule has 136 valence electrons. The van der Waals surface area contributed by atoms with Gasteiger partial charge in [0.1, 0.15) is 5.82 Å². The molecule has 0 bridgehead atoms. The van der Waals surface area contributed by atoms with Gasteiger partial charge in [0.15, 0.2) is 9.84 Å². The van der Waals surface area contributed by atoms with Crippen LogP contribution in [0.2, 0.25) is 0 Å². The monoisotopic (exact) mass is 371 g/mol. The highest BCUT2D eigenvalue weighted by molar-refractivity contribution is 7.90. The van der Waals surface area contributed by atoms with Gasteiger partial charge in [-0.15, -0.1) is 0 Å². The zero-order valence-electron chi connectivity index (χ0n) is 15.2. The van der Waals surface area contributed by atoms with E-state index in [4.69, 9.17) is 0 Å². The largest absolute Gasteiger partial charge is 0.314 e. The minimum absolute atomic E-state index is 0.272. The summed E-state index contributed by atoms with van der Waals surface area (Å²) in [5.74, 6) is -0.272. The van der Waals surface area contributed by atoms with Crippen LogP contribution >= 0.6 is 0 Å². The van der Waals surface area contributed by atoms with Crippen molar-refractivity contribution in [1.82, 2.24) is 4.57 Å². The number of sulfone groups is 1. The molecule has 0 N–H and O–H groups in total. The second kappa shape index (κ2) is 7.08. The van der Waals surface area contributed by atoms with Gasteiger partial charge in [-0.2, -0.15) is 0 Å². The van der Waals surface area contributed by atoms with E-state index < -0.39 is 9.84 Å². The van der Waals surface area contributed by atoms with Crippen molar-refractivity contribution in [1.29, 1.82) is 0 Å². The average Bonchev–Trinajstić information content (AvgIpc) is 2.92. The van der Waals surface area contributed by atoms with Crippen molar-refractivity contribution in [2.75, 3.05) is 6.26 Å². The van der Waals surface area contributed by atoms with Gasteiger partial charge in [-0.25, -0.2) is 12.8 Å². The van der Waals surface area contributed by atoms with Crippen molar-refractivity contribution < 1.29 is 12.8 Å². The zero-order valence-corrected chi connectivity index (χ0v) is 16.0. The highest BCUT2D eigenvalue weighted by Crippen LogP contribution is 2.31. The molecule has 0 saturated heterocycles. The van der Waals surface area contributed by atoms with Crippen molar-refractivity contribution in [3.63, 3.8) is 0 Å². The molecule has 26 heavy (non-hydrogen) atoms. The van der Waals surface area contributed by atoms with E-state index >= 15 is 0 Å². The van der Waals surface area contributed by atoms with Gasteiger partial charge >= 0.3 is 0 Å². The van der Waals surface area contributed by atoms with Gasteiger partial charge in [0.05, 0.1) is 10.6 Å². The second-order valence-corrected chi connectivity index (χ2v) is 8.51. The number of aryl methyl sites for hydroxylation is 1. The lowest BCUT2D eigenvalue weighted by molar-refractivity contribution is 0.602. The van der Waals surface area contributed by atoms with Gasteiger partial charge in [-0.3, -0.25) is 0 Å². The first-order valence-electron chi connectivity index (χ1n) is 8.59. The SMILES string of the molecule is CCCc1cc(-c2ccc(S(C)(=O)=O)cc2)n(-c2ccc(F)cc2)c1C. The Balaban J connectivity index is 2.17. The molecule has 0 spiro atoms. The molecule has 5 heteroatoms. The maximum atomic E-state index is 13.3. The Morgan fingerprint density at radius 3 is 2.15 bits per heavy atom. The normalized spacial score (nSPS) is 11.7. The Morgan fingerprint density at radius 2 is 1.62 bits per heavy atom. The molecule has 1 aromatic heterocycles. The van der Waals surface area contributed by atoms with Crippen LogP contribution in [0.4, 0.5) is 4.39 Å². The maximum absolute atomic E-state index is 13.3. The lowest BCUT2D eigenvalue weighted by atomic mass is 10.1. The maximum Gasteiger partial charge on any atom is 0.175 e. The summed E-state index contributed by atoms with van der Waals surface area (Å²) < 4.78 is 38.8. The van der Waals surface area contributed by atoms with Crippen LogP contribution in [-0.2, 0) is 16.3 Å². The standard InChI is InChI=1S/C21H22FNO2S/c1-4-5-17-14-21(16-6-12-20(13-7-16)26(3,24)25)23(15(17)2)19-10-8-18(22)9-11-19/h6-14H,4-5H2,1-3H3. The lowest BCUT2D eigenvalue weighted by Crippen LogP contribution is -2.01. The molecule has 3 aromatic rings. The first-order valence-corrected chi connectivity index (χ1v) is 10.5. The van der Waals surface area contributed by atoms with Crippen molar-refractivity contribution in [2.45, 2.75) is 31.6 Å². The summed E-state index contributed by atoms with van der Waals surface area (Å²) in [7, 11) is -3.23. The van der Waals surface area contributed by atoms with Crippen LogP contribution in [0.5, 0.6) is 0 Å². The van der Waals surface area contributed by atoms with Gasteiger partial charge in [0.2, 0.25) is 0 Å². The topological polar surface area (TPSA) is 39.1 Å². The van der Waals surface area contributed by atoms with Crippen molar-refractivity contribution in [3.8, 4) is 16.9 Å². The molecule has 0 radical (unpaired) electrons. The number of hydrogen-bond donors (Lipinski definition) is 0. The number of aromatic nitrogens is 1. The Bertz CT molecular complexity index is 1020. The quantitative estimate of drug-likeness (QED) is 0.637. The van der Waals surface area contributed by atoms with E-state index in [1.807, 2.05) is 12.1 Å². The van der Waals surface area contributed by atoms with E-state index in [0.717, 1.165) is 35.5 Å². The molecule has 0 aliphatic carbocycles. The van der Waals surface area contributed by atoms with Crippen molar-refractivity contribution >= 4 is 9.84 Å². The fourth-order valence-electron chi connectivity index (χ4n) is 3.19. The molecule has 0 amide bonds. The molecular weight excluding hydrogens is 349 g/mol. The number of rotatable bonds is 5. The van der Waals surface area contributed by atoms with Crippen LogP contribution in [0.15, 0.2) is 59.5 Å². The van der Waals surface area contributed by atoms with E-state index in [0.29, 0.717) is 4.90 Å². The molecule has 0 atom stereocenters. The fraction of sp³-hybridized carbons (Fsp3) is 0.238. The molecule has 1 heterocycles. The Morgan fingerprint density at radius 1 is 1.00 bits per heavy atom. The smallest absolute Gasteiger partial charge is 0.175 e. The lowest BCUT2D eigenvalue weighted by Gasteiger charge is -2.13. The van der Waals surface area contributed by atoms with Crippen LogP contribution in [0.3, 0.4) is 0 Å². The van der Waals surface area contributed by atoms with Crippen LogP contribution in [0, 0.1) is 12.7 Å². The van der Waals surface area contributed by atoms with E-state index in [1.54, 1.807) is 24.3 Å². The Labute approximate surface area is 154 Å². The predicted octanol–water partition coefficient (Wildman–Crippen LogP) is 4.95. The van der Waals surface area contributed by atoms with E-state index in [1.165, 1.54) is 24.0 Å². The van der Waals surface area contributed by atoms with E-state index in [2.05, 4.69) is 24.5 Å². The number of hydrogen-bond acceptors (Lipinski definition) is 2. The number of nitrogens with zero attached hydrogens (tertiary/aromatic N) is 1. The third-order valence-electron chi connectivity index (χ3n) is 4.53. The van der Waals surface area contributed by atoms with Crippen LogP contribution in [0.25, 0.3) is 16.9 Å². The first kappa shape index (κ1) is 18.4. The predicted molar refractivity (Wildman–Crippen MR) is 103 cm³/mol. The van der Waals surface area contributed by atoms with Crippen LogP contribution in [0.1, 0.15) is 24.6 Å². The number of halogens is 1. The summed E-state index contributed by atoms with van der Waals surface area (Å²) >= 11 is 0. The zero-order chi connectivity index (χ0) is 18.9. The molecule has 0 unspecified atom stereocenters. The summed E-state index contributed by atoms with van der Waals surface area (Å²) in [5.41, 5.74) is 5.12. The highest BCUT2D eigenvalue weighted by atomic mass is 32.2. The minimum Gasteiger partial charge on any atom is -0.314 e. The molecule has 0 aliphatic heterocycles. The van der Waals surface area contributed by atoms with Crippen molar-refractivity contribution in [2.24, 2.45) is 0 Å². The fourth-order valence-corrected chi connectivity index (χ4v) is 3.82. The van der Waals surface area contributed by atoms with Gasteiger partial charge < -0.3 is 4.57 Å². The van der Waals surface area contributed by atoms with Crippen molar-refractivity contribution in [3.05, 3.63) is 71.7 Å². The molecular formula is C21H22FNO2S. The van der Waals surface area contributed by atoms with Gasteiger partial charge in [0.25, 0.3) is 0 Å². The summed E-state index contributed by atoms with van der Waals surface area (Å²) in [5, 5.41) is 0. The van der Waals surface area contributed by atoms with Gasteiger partial charge in [-0.1, -0.05) is 25.5 Å². The first-order chi connectivity index (χ1) is 12.3. The van der Waals surface area contributed by atoms with Crippen LogP contribution < -0.4 is 0 Å². The molecule has 0 fully saturated rings. The summed E-state index contributed by atoms with van der Waals surface area (Å²) in [6, 6.07) is 15.4. The molecule has 3 nitrogen and oxygen atoms in total. The summed E-state index contributed by atoms with van der Waals surface area (Å²) in [6.07, 6.45) is 3.18. The minimum atomic E-state index is -3.23. The van der Waals surface area contributed by atoms with Gasteiger partial charge in [-0.05, 0) is 66.9 Å². The highest BCUT2D eigenvalue weighted by Gasteiger charge is 2.15. The Kier molecular flexibility index (Phi) is 5.01. The number of benzene rings is 2. The second-order valence-electron chi connectivity index (χ2n) is 6.50. The molecule has 0 aliphatic rings. The van der Waals surface area contributed by atoms with Crippen LogP contribution in [-0.4, -0.2) is 19.2 Å². The average molecular weight is 371 g/mol. The summed E-state index contributed by atoms with van der Waals surface area (Å²) in [6.45, 7) is 4.19. The molecule has 2 aromatic carbocycles. The third-order valence-corrected chi connectivity index (χ3v) is 5.66. The molecule has 0 saturated carbocycles.